The van der Waals surface area contributed by atoms with Gasteiger partial charge in [-0.3, -0.25) is 9.59 Å². The molecule has 0 spiro atoms. The molecule has 0 aromatic heterocycles. The van der Waals surface area contributed by atoms with Crippen LogP contribution in [0.2, 0.25) is 0 Å². The van der Waals surface area contributed by atoms with Crippen molar-refractivity contribution in [1.29, 1.82) is 0 Å². The Labute approximate surface area is 201 Å². The maximum absolute atomic E-state index is 13.0. The summed E-state index contributed by atoms with van der Waals surface area (Å²) in [5.41, 5.74) is 7.99. The van der Waals surface area contributed by atoms with E-state index in [1.807, 2.05) is 0 Å². The minimum atomic E-state index is -4.58. The number of amides is 2. The summed E-state index contributed by atoms with van der Waals surface area (Å²) < 4.78 is 75.9. The van der Waals surface area contributed by atoms with Crippen LogP contribution in [0.4, 0.5) is 32.0 Å². The Morgan fingerprint density at radius 1 is 1.20 bits per heavy atom. The molecule has 0 fully saturated rings. The number of nitrogens with zero attached hydrogens (tertiary/aromatic N) is 1. The van der Waals surface area contributed by atoms with Crippen LogP contribution in [0.3, 0.4) is 0 Å². The van der Waals surface area contributed by atoms with Gasteiger partial charge in [-0.1, -0.05) is 6.08 Å². The molecule has 0 saturated carbocycles. The third-order valence-electron chi connectivity index (χ3n) is 5.08. The van der Waals surface area contributed by atoms with Gasteiger partial charge >= 0.3 is 12.4 Å². The Morgan fingerprint density at radius 3 is 2.63 bits per heavy atom. The Kier molecular flexibility index (Phi) is 8.19. The van der Waals surface area contributed by atoms with Gasteiger partial charge in [0.05, 0.1) is 23.8 Å². The highest BCUT2D eigenvalue weighted by Gasteiger charge is 2.33. The van der Waals surface area contributed by atoms with Crippen LogP contribution in [0.25, 0.3) is 0 Å². The van der Waals surface area contributed by atoms with Crippen LogP contribution in [0.15, 0.2) is 64.3 Å². The van der Waals surface area contributed by atoms with Crippen LogP contribution in [-0.2, 0) is 4.79 Å². The van der Waals surface area contributed by atoms with E-state index in [0.29, 0.717) is 16.2 Å². The van der Waals surface area contributed by atoms with Crippen molar-refractivity contribution in [3.05, 3.63) is 64.9 Å². The predicted octanol–water partition coefficient (Wildman–Crippen LogP) is 4.66. The summed E-state index contributed by atoms with van der Waals surface area (Å²) in [6.07, 6.45) is -5.62. The Bertz CT molecular complexity index is 1120. The number of nitrogens with one attached hydrogen (secondary N) is 1. The van der Waals surface area contributed by atoms with E-state index in [9.17, 15) is 35.9 Å². The first-order chi connectivity index (χ1) is 16.3. The molecule has 5 nitrogen and oxygen atoms in total. The summed E-state index contributed by atoms with van der Waals surface area (Å²) in [5.74, 6) is -0.846. The number of rotatable bonds is 6. The van der Waals surface area contributed by atoms with E-state index in [-0.39, 0.29) is 30.8 Å². The molecule has 2 amide bonds. The predicted molar refractivity (Wildman–Crippen MR) is 120 cm³/mol. The zero-order valence-electron chi connectivity index (χ0n) is 18.2. The van der Waals surface area contributed by atoms with Gasteiger partial charge in [-0.2, -0.15) is 26.3 Å². The van der Waals surface area contributed by atoms with Crippen molar-refractivity contribution in [2.75, 3.05) is 23.7 Å². The molecule has 1 atom stereocenters. The number of hydrogen-bond acceptors (Lipinski definition) is 4. The Balaban J connectivity index is 1.82. The van der Waals surface area contributed by atoms with Gasteiger partial charge in [0, 0.05) is 29.2 Å². The maximum atomic E-state index is 13.0. The van der Waals surface area contributed by atoms with Crippen molar-refractivity contribution < 1.29 is 35.9 Å². The van der Waals surface area contributed by atoms with Crippen molar-refractivity contribution in [1.82, 2.24) is 5.32 Å². The standard InChI is InChI=1S/C23H21F6N3O2S/c24-22(25,26)9-2-10-31-20(33)15-6-8-19-18(11-15)32(21(34)17(30)13-35-19)12-14-3-1-4-16(7-5-14)23(27,28)29/h1,3,5-8,11,17H,2,9-10,12-13,30H2,(H,31,33)/t17-/m0/s1. The number of carbonyl (C=O) groups excluding carboxylic acids is 2. The van der Waals surface area contributed by atoms with Gasteiger partial charge in [0.15, 0.2) is 0 Å². The first-order valence-corrected chi connectivity index (χ1v) is 11.4. The van der Waals surface area contributed by atoms with Gasteiger partial charge in [0.25, 0.3) is 5.91 Å². The maximum Gasteiger partial charge on any atom is 0.423 e. The summed E-state index contributed by atoms with van der Waals surface area (Å²) in [4.78, 5) is 27.4. The first-order valence-electron chi connectivity index (χ1n) is 10.4. The molecule has 3 rings (SSSR count). The molecule has 0 radical (unpaired) electrons. The van der Waals surface area contributed by atoms with Gasteiger partial charge in [0.2, 0.25) is 5.91 Å². The molecule has 1 heterocycles. The van der Waals surface area contributed by atoms with Crippen LogP contribution in [0.5, 0.6) is 0 Å². The molecule has 1 aromatic carbocycles. The fourth-order valence-electron chi connectivity index (χ4n) is 3.31. The molecule has 3 N–H and O–H groups in total. The smallest absolute Gasteiger partial charge is 0.352 e. The number of alkyl halides is 6. The monoisotopic (exact) mass is 517 g/mol. The van der Waals surface area contributed by atoms with Gasteiger partial charge in [0.1, 0.15) is 0 Å². The number of benzene rings is 1. The van der Waals surface area contributed by atoms with E-state index in [4.69, 9.17) is 5.73 Å². The third-order valence-corrected chi connectivity index (χ3v) is 6.26. The molecular formula is C23H21F6N3O2S. The highest BCUT2D eigenvalue weighted by Crippen LogP contribution is 2.36. The molecule has 1 aliphatic heterocycles. The lowest BCUT2D eigenvalue weighted by atomic mass is 10.1. The molecule has 12 heteroatoms. The highest BCUT2D eigenvalue weighted by atomic mass is 32.2. The van der Waals surface area contributed by atoms with Crippen molar-refractivity contribution in [2.45, 2.75) is 36.1 Å². The number of fused-ring (bicyclic) bond motifs is 1. The van der Waals surface area contributed by atoms with Gasteiger partial charge in [-0.15, -0.1) is 17.5 Å². The normalized spacial score (nSPS) is 18.4. The summed E-state index contributed by atoms with van der Waals surface area (Å²) >= 11 is 1.28. The van der Waals surface area contributed by atoms with Crippen LogP contribution in [0, 0.1) is 0 Å². The van der Waals surface area contributed by atoms with Crippen molar-refractivity contribution in [2.24, 2.45) is 5.73 Å². The molecular weight excluding hydrogens is 496 g/mol. The summed E-state index contributed by atoms with van der Waals surface area (Å²) in [6, 6.07) is 3.62. The molecule has 1 aromatic rings. The molecule has 0 saturated heterocycles. The van der Waals surface area contributed by atoms with E-state index in [0.717, 1.165) is 12.2 Å². The molecule has 0 unspecified atom stereocenters. The lowest BCUT2D eigenvalue weighted by Gasteiger charge is -2.25. The molecule has 1 aliphatic carbocycles. The summed E-state index contributed by atoms with van der Waals surface area (Å²) in [6.45, 7) is -0.299. The lowest BCUT2D eigenvalue weighted by molar-refractivity contribution is -0.135. The molecule has 0 bridgehead atoms. The number of nitrogens with two attached hydrogens (primary N) is 1. The average molecular weight is 517 g/mol. The third kappa shape index (κ3) is 7.27. The SMILES string of the molecule is N[C@H]1CSc2ccc(C(=O)NCCCC(F)(F)F)cc2N(CC2=CC=C=C(C(F)(F)F)C=C2)C1=O. The molecule has 2 aliphatic rings. The number of anilines is 1. The number of carbonyl (C=O) groups is 2. The second-order valence-electron chi connectivity index (χ2n) is 7.80. The highest BCUT2D eigenvalue weighted by molar-refractivity contribution is 7.99. The molecule has 35 heavy (non-hydrogen) atoms. The number of allylic oxidation sites excluding steroid dienone is 3. The molecule has 188 valence electrons. The Morgan fingerprint density at radius 2 is 1.94 bits per heavy atom. The van der Waals surface area contributed by atoms with E-state index in [1.54, 1.807) is 6.07 Å². The second-order valence-corrected chi connectivity index (χ2v) is 8.86. The summed E-state index contributed by atoms with van der Waals surface area (Å²) in [7, 11) is 0. The minimum absolute atomic E-state index is 0.115. The van der Waals surface area contributed by atoms with Gasteiger partial charge < -0.3 is 16.0 Å². The first kappa shape index (κ1) is 26.7. The fourth-order valence-corrected chi connectivity index (χ4v) is 4.30. The largest absolute Gasteiger partial charge is 0.423 e. The van der Waals surface area contributed by atoms with E-state index < -0.39 is 42.2 Å². The van der Waals surface area contributed by atoms with Crippen LogP contribution in [-0.4, -0.2) is 49.1 Å². The van der Waals surface area contributed by atoms with Gasteiger partial charge in [-0.05, 0) is 48.4 Å². The van der Waals surface area contributed by atoms with E-state index in [2.05, 4.69) is 11.0 Å². The topological polar surface area (TPSA) is 75.4 Å². The number of thioether (sulfide) groups is 1. The van der Waals surface area contributed by atoms with E-state index in [1.165, 1.54) is 40.9 Å². The average Bonchev–Trinajstić information content (AvgIpc) is 3.08. The van der Waals surface area contributed by atoms with Crippen molar-refractivity contribution >= 4 is 29.3 Å². The summed E-state index contributed by atoms with van der Waals surface area (Å²) in [5, 5.41) is 2.42. The lowest BCUT2D eigenvalue weighted by Crippen LogP contribution is -2.45. The number of halogens is 6. The van der Waals surface area contributed by atoms with Gasteiger partial charge in [-0.25, -0.2) is 0 Å². The zero-order valence-corrected chi connectivity index (χ0v) is 19.0. The fraction of sp³-hybridized carbons (Fsp3) is 0.348. The minimum Gasteiger partial charge on any atom is -0.352 e. The Hall–Kier alpha value is -2.95. The van der Waals surface area contributed by atoms with Crippen molar-refractivity contribution in [3.8, 4) is 0 Å². The van der Waals surface area contributed by atoms with Crippen molar-refractivity contribution in [3.63, 3.8) is 0 Å². The van der Waals surface area contributed by atoms with Crippen LogP contribution >= 0.6 is 11.8 Å². The zero-order chi connectivity index (χ0) is 25.8. The quantitative estimate of drug-likeness (QED) is 0.327. The van der Waals surface area contributed by atoms with Crippen LogP contribution < -0.4 is 16.0 Å². The number of hydrogen-bond donors (Lipinski definition) is 2. The second kappa shape index (κ2) is 10.8. The van der Waals surface area contributed by atoms with Crippen LogP contribution in [0.1, 0.15) is 23.2 Å². The van der Waals surface area contributed by atoms with E-state index >= 15 is 0 Å².